The molecule has 0 unspecified atom stereocenters. The zero-order chi connectivity index (χ0) is 26.2. The van der Waals surface area contributed by atoms with Gasteiger partial charge in [-0.05, 0) is 82.3 Å². The van der Waals surface area contributed by atoms with Crippen molar-refractivity contribution in [1.82, 2.24) is 14.8 Å². The van der Waals surface area contributed by atoms with Gasteiger partial charge in [0.1, 0.15) is 12.2 Å². The van der Waals surface area contributed by atoms with E-state index in [4.69, 9.17) is 14.5 Å². The van der Waals surface area contributed by atoms with Crippen molar-refractivity contribution in [2.45, 2.75) is 70.7 Å². The molecule has 2 aliphatic heterocycles. The van der Waals surface area contributed by atoms with E-state index >= 15 is 0 Å². The Morgan fingerprint density at radius 1 is 1.22 bits per heavy atom. The number of aryl methyl sites for hydroxylation is 1. The fourth-order valence-corrected chi connectivity index (χ4v) is 5.86. The lowest BCUT2D eigenvalue weighted by Crippen LogP contribution is -2.52. The lowest BCUT2D eigenvalue weighted by atomic mass is 9.89. The van der Waals surface area contributed by atoms with Crippen molar-refractivity contribution in [2.24, 2.45) is 0 Å². The molecule has 8 nitrogen and oxygen atoms in total. The zero-order valence-corrected chi connectivity index (χ0v) is 22.4. The Labute approximate surface area is 219 Å². The molecule has 0 radical (unpaired) electrons. The highest BCUT2D eigenvalue weighted by molar-refractivity contribution is 5.95. The van der Waals surface area contributed by atoms with Crippen LogP contribution in [0.25, 0.3) is 0 Å². The Morgan fingerprint density at radius 3 is 2.81 bits per heavy atom. The molecule has 37 heavy (non-hydrogen) atoms. The summed E-state index contributed by atoms with van der Waals surface area (Å²) in [5, 5.41) is 0. The molecular formula is C29H38N4O4. The highest BCUT2D eigenvalue weighted by Gasteiger charge is 2.37. The van der Waals surface area contributed by atoms with Crippen molar-refractivity contribution in [3.63, 3.8) is 0 Å². The number of carbonyl (C=O) groups excluding carboxylic acids is 2. The summed E-state index contributed by atoms with van der Waals surface area (Å²) < 4.78 is 11.2. The fourth-order valence-electron chi connectivity index (χ4n) is 5.86. The predicted octanol–water partition coefficient (Wildman–Crippen LogP) is 4.12. The van der Waals surface area contributed by atoms with E-state index in [0.717, 1.165) is 41.8 Å². The number of nitrogens with zero attached hydrogens (tertiary/aromatic N) is 4. The number of rotatable bonds is 4. The summed E-state index contributed by atoms with van der Waals surface area (Å²) in [7, 11) is 2.13. The van der Waals surface area contributed by atoms with Gasteiger partial charge in [0.05, 0.1) is 24.4 Å². The number of hydrogen-bond donors (Lipinski definition) is 0. The van der Waals surface area contributed by atoms with Crippen LogP contribution in [-0.2, 0) is 33.7 Å². The molecule has 3 heterocycles. The van der Waals surface area contributed by atoms with Crippen LogP contribution in [0.1, 0.15) is 62.0 Å². The van der Waals surface area contributed by atoms with Gasteiger partial charge in [-0.15, -0.1) is 0 Å². The van der Waals surface area contributed by atoms with E-state index in [1.807, 2.05) is 55.0 Å². The number of aromatic nitrogens is 1. The van der Waals surface area contributed by atoms with Gasteiger partial charge in [-0.2, -0.15) is 0 Å². The average molecular weight is 507 g/mol. The number of likely N-dealkylation sites (N-methyl/N-ethyl adjacent to an activating group) is 1. The minimum Gasteiger partial charge on any atom is -0.444 e. The normalized spacial score (nSPS) is 22.0. The first-order chi connectivity index (χ1) is 17.7. The first-order valence-electron chi connectivity index (χ1n) is 13.3. The van der Waals surface area contributed by atoms with Crippen LogP contribution in [-0.4, -0.2) is 71.8 Å². The molecule has 1 aromatic heterocycles. The quantitative estimate of drug-likeness (QED) is 0.621. The molecule has 2 amide bonds. The molecule has 8 heteroatoms. The number of morpholine rings is 1. The van der Waals surface area contributed by atoms with Crippen LogP contribution in [0.2, 0.25) is 0 Å². The third kappa shape index (κ3) is 5.50. The number of carbonyl (C=O) groups is 2. The SMILES string of the molecule is CN(C[C@H]1Cc2c(cccc2N2CCOCC2=O)CN1C(=O)OC(C)(C)C)[C@H]1CCCc2cccnc21. The van der Waals surface area contributed by atoms with Gasteiger partial charge in [0.15, 0.2) is 0 Å². The highest BCUT2D eigenvalue weighted by Crippen LogP contribution is 2.36. The minimum absolute atomic E-state index is 0.0206. The van der Waals surface area contributed by atoms with E-state index in [1.54, 1.807) is 0 Å². The summed E-state index contributed by atoms with van der Waals surface area (Å²) in [6, 6.07) is 10.4. The van der Waals surface area contributed by atoms with Gasteiger partial charge in [0.25, 0.3) is 5.91 Å². The smallest absolute Gasteiger partial charge is 0.410 e. The molecule has 1 fully saturated rings. The van der Waals surface area contributed by atoms with Gasteiger partial charge < -0.3 is 14.4 Å². The molecule has 0 bridgehead atoms. The average Bonchev–Trinajstić information content (AvgIpc) is 2.87. The number of pyridine rings is 1. The van der Waals surface area contributed by atoms with Gasteiger partial charge in [0.2, 0.25) is 0 Å². The van der Waals surface area contributed by atoms with Crippen LogP contribution < -0.4 is 4.90 Å². The number of benzene rings is 1. The molecule has 2 atom stereocenters. The highest BCUT2D eigenvalue weighted by atomic mass is 16.6. The summed E-state index contributed by atoms with van der Waals surface area (Å²) in [5.74, 6) is -0.0206. The van der Waals surface area contributed by atoms with Gasteiger partial charge >= 0.3 is 6.09 Å². The Hall–Kier alpha value is -2.97. The molecular weight excluding hydrogens is 468 g/mol. The fraction of sp³-hybridized carbons (Fsp3) is 0.552. The topological polar surface area (TPSA) is 75.2 Å². The van der Waals surface area contributed by atoms with E-state index in [9.17, 15) is 9.59 Å². The number of anilines is 1. The second-order valence-corrected chi connectivity index (χ2v) is 11.4. The Kier molecular flexibility index (Phi) is 7.23. The lowest BCUT2D eigenvalue weighted by Gasteiger charge is -2.42. The Morgan fingerprint density at radius 2 is 2.03 bits per heavy atom. The summed E-state index contributed by atoms with van der Waals surface area (Å²) in [5.41, 5.74) is 5.02. The van der Waals surface area contributed by atoms with Crippen LogP contribution in [0, 0.1) is 0 Å². The van der Waals surface area contributed by atoms with Crippen molar-refractivity contribution >= 4 is 17.7 Å². The van der Waals surface area contributed by atoms with Gasteiger partial charge in [-0.3, -0.25) is 19.6 Å². The first kappa shape index (κ1) is 25.7. The van der Waals surface area contributed by atoms with E-state index in [-0.39, 0.29) is 30.7 Å². The Bertz CT molecular complexity index is 1160. The third-order valence-corrected chi connectivity index (χ3v) is 7.57. The van der Waals surface area contributed by atoms with E-state index in [1.165, 1.54) is 5.56 Å². The summed E-state index contributed by atoms with van der Waals surface area (Å²) in [4.78, 5) is 36.9. The van der Waals surface area contributed by atoms with Gasteiger partial charge in [-0.25, -0.2) is 4.79 Å². The summed E-state index contributed by atoms with van der Waals surface area (Å²) >= 11 is 0. The van der Waals surface area contributed by atoms with Crippen molar-refractivity contribution < 1.29 is 19.1 Å². The van der Waals surface area contributed by atoms with Crippen LogP contribution >= 0.6 is 0 Å². The zero-order valence-electron chi connectivity index (χ0n) is 22.4. The van der Waals surface area contributed by atoms with Gasteiger partial charge in [0, 0.05) is 31.5 Å². The van der Waals surface area contributed by atoms with Crippen molar-refractivity contribution in [3.8, 4) is 0 Å². The van der Waals surface area contributed by atoms with Crippen LogP contribution in [0.5, 0.6) is 0 Å². The molecule has 0 N–H and O–H groups in total. The standard InChI is InChI=1S/C29H38N4O4/c1-29(2,3)37-28(35)33-17-21-9-6-11-24(32-14-15-36-19-26(32)34)23(21)16-22(33)18-31(4)25-12-5-8-20-10-7-13-30-27(20)25/h6-7,9-11,13,22,25H,5,8,12,14-19H2,1-4H3/t22-,25+/m1/s1. The van der Waals surface area contributed by atoms with E-state index in [2.05, 4.69) is 24.1 Å². The van der Waals surface area contributed by atoms with E-state index in [0.29, 0.717) is 32.7 Å². The lowest BCUT2D eigenvalue weighted by molar-refractivity contribution is -0.125. The molecule has 1 aromatic carbocycles. The summed E-state index contributed by atoms with van der Waals surface area (Å²) in [6.45, 7) is 8.01. The largest absolute Gasteiger partial charge is 0.444 e. The first-order valence-corrected chi connectivity index (χ1v) is 13.3. The second-order valence-electron chi connectivity index (χ2n) is 11.4. The molecule has 0 spiro atoms. The van der Waals surface area contributed by atoms with Crippen LogP contribution in [0.15, 0.2) is 36.5 Å². The Balaban J connectivity index is 1.45. The molecule has 3 aliphatic rings. The van der Waals surface area contributed by atoms with Crippen molar-refractivity contribution in [1.29, 1.82) is 0 Å². The molecule has 198 valence electrons. The minimum atomic E-state index is -0.581. The van der Waals surface area contributed by atoms with E-state index < -0.39 is 5.60 Å². The molecule has 2 aromatic rings. The second kappa shape index (κ2) is 10.4. The van der Waals surface area contributed by atoms with Crippen molar-refractivity contribution in [3.05, 3.63) is 58.9 Å². The third-order valence-electron chi connectivity index (χ3n) is 7.57. The number of ether oxygens (including phenoxy) is 2. The summed E-state index contributed by atoms with van der Waals surface area (Å²) in [6.07, 6.45) is 5.46. The number of fused-ring (bicyclic) bond motifs is 2. The molecule has 1 aliphatic carbocycles. The number of amides is 2. The monoisotopic (exact) mass is 506 g/mol. The maximum absolute atomic E-state index is 13.4. The van der Waals surface area contributed by atoms with Crippen LogP contribution in [0.4, 0.5) is 10.5 Å². The molecule has 0 saturated carbocycles. The molecule has 1 saturated heterocycles. The maximum Gasteiger partial charge on any atom is 0.410 e. The number of hydrogen-bond acceptors (Lipinski definition) is 6. The van der Waals surface area contributed by atoms with Gasteiger partial charge in [-0.1, -0.05) is 18.2 Å². The molecule has 5 rings (SSSR count). The maximum atomic E-state index is 13.4. The van der Waals surface area contributed by atoms with Crippen LogP contribution in [0.3, 0.4) is 0 Å². The van der Waals surface area contributed by atoms with Crippen molar-refractivity contribution in [2.75, 3.05) is 38.3 Å². The predicted molar refractivity (Wildman–Crippen MR) is 141 cm³/mol.